The van der Waals surface area contributed by atoms with Crippen molar-refractivity contribution in [1.82, 2.24) is 15.2 Å². The number of methoxy groups -OCH3 is 1. The van der Waals surface area contributed by atoms with E-state index in [-0.39, 0.29) is 6.04 Å². The highest BCUT2D eigenvalue weighted by Crippen LogP contribution is 2.30. The van der Waals surface area contributed by atoms with E-state index in [1.807, 2.05) is 36.7 Å². The first-order valence-corrected chi connectivity index (χ1v) is 6.82. The Morgan fingerprint density at radius 2 is 2.25 bits per heavy atom. The van der Waals surface area contributed by atoms with Gasteiger partial charge in [0.2, 0.25) is 0 Å². The molecule has 0 fully saturated rings. The second kappa shape index (κ2) is 6.26. The molecule has 0 aliphatic carbocycles. The fraction of sp³-hybridized carbons (Fsp3) is 0.357. The standard InChI is InChI=1S/C14H19ClN4O/c1-4-19-14(11(15)8-17-19)13(18-16)10-6-5-9(2)12(7-10)20-3/h5-8,13,18H,4,16H2,1-3H3. The van der Waals surface area contributed by atoms with Crippen molar-refractivity contribution in [3.63, 3.8) is 0 Å². The van der Waals surface area contributed by atoms with Gasteiger partial charge in [0, 0.05) is 6.54 Å². The lowest BCUT2D eigenvalue weighted by Gasteiger charge is -2.19. The zero-order chi connectivity index (χ0) is 14.7. The molecular weight excluding hydrogens is 276 g/mol. The normalized spacial score (nSPS) is 12.4. The van der Waals surface area contributed by atoms with Crippen molar-refractivity contribution in [1.29, 1.82) is 0 Å². The van der Waals surface area contributed by atoms with E-state index in [4.69, 9.17) is 22.2 Å². The maximum atomic E-state index is 6.24. The van der Waals surface area contributed by atoms with Crippen LogP contribution in [0.15, 0.2) is 24.4 Å². The van der Waals surface area contributed by atoms with E-state index in [0.29, 0.717) is 5.02 Å². The fourth-order valence-corrected chi connectivity index (χ4v) is 2.51. The van der Waals surface area contributed by atoms with Gasteiger partial charge < -0.3 is 4.74 Å². The summed E-state index contributed by atoms with van der Waals surface area (Å²) in [6, 6.07) is 5.73. The van der Waals surface area contributed by atoms with Crippen LogP contribution in [0.1, 0.15) is 29.8 Å². The highest BCUT2D eigenvalue weighted by Gasteiger charge is 2.21. The first-order chi connectivity index (χ1) is 9.62. The average molecular weight is 295 g/mol. The lowest BCUT2D eigenvalue weighted by atomic mass is 10.0. The molecule has 5 nitrogen and oxygen atoms in total. The first kappa shape index (κ1) is 14.8. The van der Waals surface area contributed by atoms with Crippen molar-refractivity contribution in [2.24, 2.45) is 5.84 Å². The van der Waals surface area contributed by atoms with E-state index in [1.165, 1.54) is 0 Å². The molecule has 2 aromatic rings. The van der Waals surface area contributed by atoms with E-state index in [1.54, 1.807) is 13.3 Å². The van der Waals surface area contributed by atoms with Crippen molar-refractivity contribution in [3.05, 3.63) is 46.2 Å². The Labute approximate surface area is 123 Å². The summed E-state index contributed by atoms with van der Waals surface area (Å²) in [5, 5.41) is 4.84. The van der Waals surface area contributed by atoms with Gasteiger partial charge in [-0.2, -0.15) is 5.10 Å². The minimum absolute atomic E-state index is 0.237. The second-order valence-corrected chi connectivity index (χ2v) is 4.93. The Bertz CT molecular complexity index is 597. The Balaban J connectivity index is 2.49. The van der Waals surface area contributed by atoms with Gasteiger partial charge in [0.1, 0.15) is 5.75 Å². The van der Waals surface area contributed by atoms with Gasteiger partial charge in [0.25, 0.3) is 0 Å². The molecule has 0 radical (unpaired) electrons. The van der Waals surface area contributed by atoms with Crippen molar-refractivity contribution in [2.75, 3.05) is 7.11 Å². The van der Waals surface area contributed by atoms with E-state index < -0.39 is 0 Å². The molecule has 0 amide bonds. The van der Waals surface area contributed by atoms with Gasteiger partial charge in [0.05, 0.1) is 30.1 Å². The fourth-order valence-electron chi connectivity index (χ4n) is 2.26. The lowest BCUT2D eigenvalue weighted by molar-refractivity contribution is 0.410. The highest BCUT2D eigenvalue weighted by atomic mass is 35.5. The second-order valence-electron chi connectivity index (χ2n) is 4.52. The SMILES string of the molecule is CCn1ncc(Cl)c1C(NN)c1ccc(C)c(OC)c1. The van der Waals surface area contributed by atoms with Crippen LogP contribution in [-0.2, 0) is 6.54 Å². The Kier molecular flexibility index (Phi) is 4.65. The zero-order valence-corrected chi connectivity index (χ0v) is 12.6. The summed E-state index contributed by atoms with van der Waals surface area (Å²) in [6.07, 6.45) is 1.64. The number of nitrogens with zero attached hydrogens (tertiary/aromatic N) is 2. The van der Waals surface area contributed by atoms with Gasteiger partial charge in [-0.15, -0.1) is 0 Å². The van der Waals surface area contributed by atoms with Crippen molar-refractivity contribution in [3.8, 4) is 5.75 Å². The number of hydrogen-bond acceptors (Lipinski definition) is 4. The first-order valence-electron chi connectivity index (χ1n) is 6.44. The monoisotopic (exact) mass is 294 g/mol. The third kappa shape index (κ3) is 2.65. The van der Waals surface area contributed by atoms with Crippen molar-refractivity contribution >= 4 is 11.6 Å². The molecule has 1 atom stereocenters. The Morgan fingerprint density at radius 1 is 1.50 bits per heavy atom. The molecule has 20 heavy (non-hydrogen) atoms. The third-order valence-corrected chi connectivity index (χ3v) is 3.63. The molecule has 1 heterocycles. The number of hydrogen-bond donors (Lipinski definition) is 2. The molecule has 6 heteroatoms. The van der Waals surface area contributed by atoms with Gasteiger partial charge in [0.15, 0.2) is 0 Å². The van der Waals surface area contributed by atoms with Crippen molar-refractivity contribution in [2.45, 2.75) is 26.4 Å². The summed E-state index contributed by atoms with van der Waals surface area (Å²) in [5.74, 6) is 6.55. The minimum atomic E-state index is -0.237. The summed E-state index contributed by atoms with van der Waals surface area (Å²) in [4.78, 5) is 0. The number of ether oxygens (including phenoxy) is 1. The Hall–Kier alpha value is -1.56. The molecule has 1 unspecified atom stereocenters. The van der Waals surface area contributed by atoms with Crippen LogP contribution >= 0.6 is 11.6 Å². The summed E-state index contributed by atoms with van der Waals surface area (Å²) >= 11 is 6.24. The quantitative estimate of drug-likeness (QED) is 0.656. The number of benzene rings is 1. The molecule has 0 saturated heterocycles. The molecule has 108 valence electrons. The van der Waals surface area contributed by atoms with Crippen LogP contribution in [0, 0.1) is 6.92 Å². The Morgan fingerprint density at radius 3 is 2.85 bits per heavy atom. The van der Waals surface area contributed by atoms with Crippen LogP contribution in [0.25, 0.3) is 0 Å². The van der Waals surface area contributed by atoms with Gasteiger partial charge >= 0.3 is 0 Å². The maximum Gasteiger partial charge on any atom is 0.122 e. The van der Waals surface area contributed by atoms with E-state index in [0.717, 1.165) is 29.1 Å². The number of nitrogens with two attached hydrogens (primary N) is 1. The van der Waals surface area contributed by atoms with Crippen LogP contribution in [0.5, 0.6) is 5.75 Å². The van der Waals surface area contributed by atoms with Crippen LogP contribution in [0.4, 0.5) is 0 Å². The number of rotatable bonds is 5. The van der Waals surface area contributed by atoms with Gasteiger partial charge in [-0.25, -0.2) is 5.43 Å². The van der Waals surface area contributed by atoms with E-state index in [2.05, 4.69) is 10.5 Å². The molecule has 1 aromatic heterocycles. The van der Waals surface area contributed by atoms with Crippen LogP contribution in [0.3, 0.4) is 0 Å². The molecule has 0 aliphatic rings. The molecule has 3 N–H and O–H groups in total. The average Bonchev–Trinajstić information content (AvgIpc) is 2.83. The van der Waals surface area contributed by atoms with Crippen LogP contribution in [-0.4, -0.2) is 16.9 Å². The summed E-state index contributed by atoms with van der Waals surface area (Å²) in [5.41, 5.74) is 5.71. The smallest absolute Gasteiger partial charge is 0.122 e. The third-order valence-electron chi connectivity index (χ3n) is 3.34. The van der Waals surface area contributed by atoms with Gasteiger partial charge in [-0.3, -0.25) is 10.5 Å². The van der Waals surface area contributed by atoms with Crippen LogP contribution < -0.4 is 16.0 Å². The van der Waals surface area contributed by atoms with E-state index in [9.17, 15) is 0 Å². The van der Waals surface area contributed by atoms with Crippen LogP contribution in [0.2, 0.25) is 5.02 Å². The summed E-state index contributed by atoms with van der Waals surface area (Å²) in [6.45, 7) is 4.73. The topological polar surface area (TPSA) is 65.1 Å². The number of aryl methyl sites for hydroxylation is 2. The molecular formula is C14H19ClN4O. The summed E-state index contributed by atoms with van der Waals surface area (Å²) < 4.78 is 7.19. The highest BCUT2D eigenvalue weighted by molar-refractivity contribution is 6.31. The molecule has 0 saturated carbocycles. The number of halogens is 1. The number of nitrogens with one attached hydrogen (secondary N) is 1. The molecule has 0 aliphatic heterocycles. The largest absolute Gasteiger partial charge is 0.496 e. The lowest BCUT2D eigenvalue weighted by Crippen LogP contribution is -2.31. The zero-order valence-electron chi connectivity index (χ0n) is 11.9. The molecule has 2 rings (SSSR count). The van der Waals surface area contributed by atoms with Crippen molar-refractivity contribution < 1.29 is 4.74 Å². The predicted octanol–water partition coefficient (Wildman–Crippen LogP) is 2.43. The van der Waals surface area contributed by atoms with Gasteiger partial charge in [-0.1, -0.05) is 23.7 Å². The maximum absolute atomic E-state index is 6.24. The predicted molar refractivity (Wildman–Crippen MR) is 79.8 cm³/mol. The molecule has 0 bridgehead atoms. The summed E-state index contributed by atoms with van der Waals surface area (Å²) in [7, 11) is 1.65. The number of hydrazine groups is 1. The molecule has 1 aromatic carbocycles. The minimum Gasteiger partial charge on any atom is -0.496 e. The number of aromatic nitrogens is 2. The molecule has 0 spiro atoms. The van der Waals surface area contributed by atoms with Gasteiger partial charge in [-0.05, 0) is 31.0 Å². The van der Waals surface area contributed by atoms with E-state index >= 15 is 0 Å².